The molecule has 0 saturated carbocycles. The first-order chi connectivity index (χ1) is 12.0. The van der Waals surface area contributed by atoms with E-state index in [2.05, 4.69) is 42.4 Å². The lowest BCUT2D eigenvalue weighted by molar-refractivity contribution is -0.139. The molecular formula is C19H26N4O2. The molecule has 1 unspecified atom stereocenters. The van der Waals surface area contributed by atoms with Gasteiger partial charge in [0.2, 0.25) is 5.91 Å². The van der Waals surface area contributed by atoms with E-state index in [1.807, 2.05) is 0 Å². The second-order valence-electron chi connectivity index (χ2n) is 7.17. The third kappa shape index (κ3) is 4.45. The third-order valence-corrected chi connectivity index (χ3v) is 4.94. The predicted octanol–water partition coefficient (Wildman–Crippen LogP) is 1.88. The van der Waals surface area contributed by atoms with Crippen molar-refractivity contribution < 1.29 is 9.90 Å². The van der Waals surface area contributed by atoms with Gasteiger partial charge in [-0.2, -0.15) is 0 Å². The van der Waals surface area contributed by atoms with Gasteiger partial charge in [0, 0.05) is 19.2 Å². The highest BCUT2D eigenvalue weighted by molar-refractivity contribution is 5.76. The molecule has 1 atom stereocenters. The quantitative estimate of drug-likeness (QED) is 0.901. The van der Waals surface area contributed by atoms with Gasteiger partial charge in [-0.15, -0.1) is 5.10 Å². The average Bonchev–Trinajstić information content (AvgIpc) is 3.06. The number of rotatable bonds is 5. The molecule has 1 aromatic carbocycles. The normalized spacial score (nSPS) is 20.7. The first-order valence-electron chi connectivity index (χ1n) is 8.86. The van der Waals surface area contributed by atoms with Gasteiger partial charge in [-0.05, 0) is 44.2 Å². The summed E-state index contributed by atoms with van der Waals surface area (Å²) in [6.07, 6.45) is 6.03. The fourth-order valence-corrected chi connectivity index (χ4v) is 3.60. The minimum atomic E-state index is -0.929. The fourth-order valence-electron chi connectivity index (χ4n) is 3.60. The maximum atomic E-state index is 12.6. The number of carbonyl (C=O) groups is 1. The molecule has 2 heterocycles. The molecule has 1 saturated heterocycles. The van der Waals surface area contributed by atoms with E-state index in [0.717, 1.165) is 12.8 Å². The number of likely N-dealkylation sites (tertiary alicyclic amines) is 1. The van der Waals surface area contributed by atoms with Crippen molar-refractivity contribution in [2.75, 3.05) is 13.1 Å². The summed E-state index contributed by atoms with van der Waals surface area (Å²) in [6.45, 7) is 5.61. The van der Waals surface area contributed by atoms with Gasteiger partial charge in [0.25, 0.3) is 0 Å². The van der Waals surface area contributed by atoms with Crippen LogP contribution in [0.15, 0.2) is 30.6 Å². The minimum Gasteiger partial charge on any atom is -0.386 e. The second-order valence-corrected chi connectivity index (χ2v) is 7.17. The Morgan fingerprint density at radius 3 is 2.92 bits per heavy atom. The Hall–Kier alpha value is -2.21. The summed E-state index contributed by atoms with van der Waals surface area (Å²) in [5.74, 6) is 0.108. The van der Waals surface area contributed by atoms with Crippen LogP contribution in [-0.2, 0) is 17.8 Å². The van der Waals surface area contributed by atoms with E-state index in [1.165, 1.54) is 16.7 Å². The van der Waals surface area contributed by atoms with Crippen molar-refractivity contribution in [2.24, 2.45) is 0 Å². The minimum absolute atomic E-state index is 0.108. The number of benzene rings is 1. The molecule has 2 aromatic rings. The van der Waals surface area contributed by atoms with Crippen LogP contribution >= 0.6 is 0 Å². The van der Waals surface area contributed by atoms with Crippen LogP contribution in [0.4, 0.5) is 0 Å². The first kappa shape index (κ1) is 17.6. The van der Waals surface area contributed by atoms with Crippen LogP contribution in [0.25, 0.3) is 0 Å². The highest BCUT2D eigenvalue weighted by Gasteiger charge is 2.35. The van der Waals surface area contributed by atoms with Gasteiger partial charge in [0.1, 0.15) is 5.60 Å². The van der Waals surface area contributed by atoms with E-state index in [1.54, 1.807) is 22.0 Å². The Balaban J connectivity index is 1.58. The third-order valence-electron chi connectivity index (χ3n) is 4.94. The summed E-state index contributed by atoms with van der Waals surface area (Å²) in [6, 6.07) is 6.34. The van der Waals surface area contributed by atoms with Crippen molar-refractivity contribution in [3.05, 3.63) is 47.3 Å². The number of aromatic nitrogens is 3. The number of piperidine rings is 1. The van der Waals surface area contributed by atoms with E-state index in [9.17, 15) is 9.90 Å². The highest BCUT2D eigenvalue weighted by atomic mass is 16.3. The van der Waals surface area contributed by atoms with Gasteiger partial charge < -0.3 is 10.0 Å². The lowest BCUT2D eigenvalue weighted by Gasteiger charge is -2.39. The summed E-state index contributed by atoms with van der Waals surface area (Å²) < 4.78 is 1.63. The van der Waals surface area contributed by atoms with Gasteiger partial charge in [0.05, 0.1) is 19.3 Å². The molecule has 1 fully saturated rings. The van der Waals surface area contributed by atoms with Crippen molar-refractivity contribution in [1.29, 1.82) is 0 Å². The van der Waals surface area contributed by atoms with Gasteiger partial charge >= 0.3 is 0 Å². The van der Waals surface area contributed by atoms with Crippen LogP contribution in [0.2, 0.25) is 0 Å². The molecule has 1 amide bonds. The number of amides is 1. The zero-order valence-corrected chi connectivity index (χ0v) is 15.0. The SMILES string of the molecule is Cc1ccc(CCC(=O)N2CCCC(O)(Cn3ccnn3)C2)c(C)c1. The summed E-state index contributed by atoms with van der Waals surface area (Å²) in [4.78, 5) is 14.4. The first-order valence-corrected chi connectivity index (χ1v) is 8.86. The molecule has 25 heavy (non-hydrogen) atoms. The van der Waals surface area contributed by atoms with E-state index < -0.39 is 5.60 Å². The van der Waals surface area contributed by atoms with Gasteiger partial charge in [-0.25, -0.2) is 4.68 Å². The van der Waals surface area contributed by atoms with Crippen LogP contribution in [0.1, 0.15) is 36.0 Å². The molecule has 134 valence electrons. The fraction of sp³-hybridized carbons (Fsp3) is 0.526. The van der Waals surface area contributed by atoms with Crippen LogP contribution in [0.5, 0.6) is 0 Å². The maximum absolute atomic E-state index is 12.6. The molecule has 1 aliphatic heterocycles. The van der Waals surface area contributed by atoms with E-state index in [0.29, 0.717) is 32.5 Å². The molecule has 1 aromatic heterocycles. The topological polar surface area (TPSA) is 71.2 Å². The maximum Gasteiger partial charge on any atom is 0.223 e. The van der Waals surface area contributed by atoms with E-state index >= 15 is 0 Å². The monoisotopic (exact) mass is 342 g/mol. The molecule has 6 heteroatoms. The molecule has 0 bridgehead atoms. The van der Waals surface area contributed by atoms with Crippen molar-refractivity contribution in [1.82, 2.24) is 19.9 Å². The smallest absolute Gasteiger partial charge is 0.223 e. The molecule has 1 aliphatic rings. The number of aliphatic hydroxyl groups is 1. The molecule has 0 aliphatic carbocycles. The summed E-state index contributed by atoms with van der Waals surface area (Å²) in [7, 11) is 0. The lowest BCUT2D eigenvalue weighted by Crippen LogP contribution is -2.52. The molecule has 3 rings (SSSR count). The summed E-state index contributed by atoms with van der Waals surface area (Å²) in [5.41, 5.74) is 2.76. The summed E-state index contributed by atoms with van der Waals surface area (Å²) >= 11 is 0. The zero-order valence-electron chi connectivity index (χ0n) is 15.0. The van der Waals surface area contributed by atoms with Gasteiger partial charge in [-0.1, -0.05) is 29.0 Å². The molecule has 6 nitrogen and oxygen atoms in total. The molecule has 0 spiro atoms. The average molecular weight is 342 g/mol. The van der Waals surface area contributed by atoms with Crippen molar-refractivity contribution in [3.8, 4) is 0 Å². The van der Waals surface area contributed by atoms with Gasteiger partial charge in [0.15, 0.2) is 0 Å². The largest absolute Gasteiger partial charge is 0.386 e. The number of hydrogen-bond donors (Lipinski definition) is 1. The van der Waals surface area contributed by atoms with E-state index in [-0.39, 0.29) is 5.91 Å². The van der Waals surface area contributed by atoms with Crippen LogP contribution < -0.4 is 0 Å². The van der Waals surface area contributed by atoms with Crippen LogP contribution in [0.3, 0.4) is 0 Å². The Kier molecular flexibility index (Phi) is 5.18. The number of aryl methyl sites for hydroxylation is 3. The number of nitrogens with zero attached hydrogens (tertiary/aromatic N) is 4. The highest BCUT2D eigenvalue weighted by Crippen LogP contribution is 2.24. The Bertz CT molecular complexity index is 729. The van der Waals surface area contributed by atoms with Crippen molar-refractivity contribution in [2.45, 2.75) is 51.7 Å². The Morgan fingerprint density at radius 2 is 2.20 bits per heavy atom. The zero-order chi connectivity index (χ0) is 17.9. The molecule has 1 N–H and O–H groups in total. The Labute approximate surface area is 148 Å². The summed E-state index contributed by atoms with van der Waals surface area (Å²) in [5, 5.41) is 18.5. The molecular weight excluding hydrogens is 316 g/mol. The lowest BCUT2D eigenvalue weighted by atomic mass is 9.92. The second kappa shape index (κ2) is 7.35. The number of β-amino-alcohol motifs (C(OH)–C–C–N with tert-alkyl or cyclic N) is 1. The standard InChI is InChI=1S/C19H26N4O2/c1-15-4-5-17(16(2)12-15)6-7-18(24)22-10-3-8-19(25,13-22)14-23-11-9-20-21-23/h4-5,9,11-12,25H,3,6-8,10,13-14H2,1-2H3. The van der Waals surface area contributed by atoms with Crippen molar-refractivity contribution in [3.63, 3.8) is 0 Å². The number of carbonyl (C=O) groups excluding carboxylic acids is 1. The van der Waals surface area contributed by atoms with Crippen LogP contribution in [-0.4, -0.2) is 49.6 Å². The molecule has 0 radical (unpaired) electrons. The van der Waals surface area contributed by atoms with Gasteiger partial charge in [-0.3, -0.25) is 4.79 Å². The number of hydrogen-bond acceptors (Lipinski definition) is 4. The van der Waals surface area contributed by atoms with Crippen molar-refractivity contribution >= 4 is 5.91 Å². The predicted molar refractivity (Wildman–Crippen MR) is 95.0 cm³/mol. The Morgan fingerprint density at radius 1 is 1.36 bits per heavy atom. The van der Waals surface area contributed by atoms with E-state index in [4.69, 9.17) is 0 Å². The van der Waals surface area contributed by atoms with Crippen LogP contribution in [0, 0.1) is 13.8 Å².